The Morgan fingerprint density at radius 1 is 1.33 bits per heavy atom. The largest absolute Gasteiger partial charge is 0.465 e. The fourth-order valence-corrected chi connectivity index (χ4v) is 6.53. The van der Waals surface area contributed by atoms with Gasteiger partial charge in [0.15, 0.2) is 4.90 Å². The number of benzene rings is 2. The lowest BCUT2D eigenvalue weighted by Crippen LogP contribution is -2.44. The second-order valence-corrected chi connectivity index (χ2v) is 10.6. The number of rotatable bonds is 4. The van der Waals surface area contributed by atoms with Crippen LogP contribution in [0.3, 0.4) is 0 Å². The number of halogens is 2. The number of nitrogens with zero attached hydrogens (tertiary/aromatic N) is 3. The van der Waals surface area contributed by atoms with Gasteiger partial charge < -0.3 is 14.1 Å². The maximum atomic E-state index is 15.1. The normalized spacial score (nSPS) is 16.9. The lowest BCUT2D eigenvalue weighted by Gasteiger charge is -2.28. The summed E-state index contributed by atoms with van der Waals surface area (Å²) in [6.45, 7) is 4.83. The third kappa shape index (κ3) is 4.09. The first-order chi connectivity index (χ1) is 16.9. The Labute approximate surface area is 211 Å². The molecule has 0 bridgehead atoms. The molecule has 1 aromatic heterocycles. The minimum absolute atomic E-state index is 0.0933. The molecule has 3 aromatic rings. The highest BCUT2D eigenvalue weighted by Gasteiger charge is 2.47. The van der Waals surface area contributed by atoms with Crippen LogP contribution >= 0.6 is 11.6 Å². The van der Waals surface area contributed by atoms with Crippen LogP contribution in [0.25, 0.3) is 0 Å². The van der Waals surface area contributed by atoms with Gasteiger partial charge in [0.2, 0.25) is 6.67 Å². The highest BCUT2D eigenvalue weighted by atomic mass is 35.5. The van der Waals surface area contributed by atoms with Gasteiger partial charge in [-0.15, -0.1) is 5.10 Å². The van der Waals surface area contributed by atoms with Crippen molar-refractivity contribution >= 4 is 39.0 Å². The number of sulfonamides is 1. The summed E-state index contributed by atoms with van der Waals surface area (Å²) in [5.41, 5.74) is 1.40. The smallest absolute Gasteiger partial charge is 0.434 e. The van der Waals surface area contributed by atoms with Gasteiger partial charge in [-0.3, -0.25) is 0 Å². The Morgan fingerprint density at radius 3 is 2.64 bits per heavy atom. The summed E-state index contributed by atoms with van der Waals surface area (Å²) >= 11 is 6.17. The summed E-state index contributed by atoms with van der Waals surface area (Å²) < 4.78 is 54.2. The SMILES string of the molecule is COC(=O)c1cc(Cl)cc2c1S(=O)(=O)/[N+](=C(\c1n[nH]c(=O)o1)C(C)c1c(F)ccc(C)c1C)CN2C. The molecular formula is C23H23ClFN4O6S+. The number of aromatic amines is 1. The van der Waals surface area contributed by atoms with Crippen LogP contribution in [0.5, 0.6) is 0 Å². The second-order valence-electron chi connectivity index (χ2n) is 8.41. The van der Waals surface area contributed by atoms with Crippen LogP contribution in [0.15, 0.2) is 38.4 Å². The van der Waals surface area contributed by atoms with Crippen molar-refractivity contribution in [3.8, 4) is 0 Å². The van der Waals surface area contributed by atoms with Gasteiger partial charge in [0.25, 0.3) is 5.71 Å². The molecule has 10 nitrogen and oxygen atoms in total. The van der Waals surface area contributed by atoms with Gasteiger partial charge in [0.1, 0.15) is 5.82 Å². The van der Waals surface area contributed by atoms with Crippen molar-refractivity contribution in [1.82, 2.24) is 10.2 Å². The molecule has 4 rings (SSSR count). The molecular weight excluding hydrogens is 515 g/mol. The van der Waals surface area contributed by atoms with E-state index in [9.17, 15) is 18.0 Å². The number of aromatic nitrogens is 2. The summed E-state index contributed by atoms with van der Waals surface area (Å²) in [4.78, 5) is 25.6. The highest BCUT2D eigenvalue weighted by molar-refractivity contribution is 7.86. The summed E-state index contributed by atoms with van der Waals surface area (Å²) in [7, 11) is -1.77. The number of hydrogen-bond acceptors (Lipinski definition) is 8. The Morgan fingerprint density at radius 2 is 2.03 bits per heavy atom. The maximum Gasteiger partial charge on any atom is 0.434 e. The van der Waals surface area contributed by atoms with Gasteiger partial charge >= 0.3 is 27.6 Å². The van der Waals surface area contributed by atoms with Crippen LogP contribution in [0.4, 0.5) is 10.1 Å². The number of methoxy groups -OCH3 is 1. The minimum Gasteiger partial charge on any atom is -0.465 e. The van der Waals surface area contributed by atoms with Crippen LogP contribution in [0.2, 0.25) is 5.02 Å². The van der Waals surface area contributed by atoms with Gasteiger partial charge in [-0.2, -0.15) is 8.42 Å². The lowest BCUT2D eigenvalue weighted by atomic mass is 9.89. The van der Waals surface area contributed by atoms with E-state index in [0.717, 1.165) is 16.7 Å². The van der Waals surface area contributed by atoms with Gasteiger partial charge in [0.05, 0.1) is 24.3 Å². The average Bonchev–Trinajstić information content (AvgIpc) is 3.24. The zero-order valence-corrected chi connectivity index (χ0v) is 21.6. The molecule has 36 heavy (non-hydrogen) atoms. The molecule has 0 fully saturated rings. The monoisotopic (exact) mass is 537 g/mol. The van der Waals surface area contributed by atoms with Crippen molar-refractivity contribution in [3.63, 3.8) is 0 Å². The molecule has 1 atom stereocenters. The Balaban J connectivity index is 2.11. The number of esters is 1. The first-order valence-electron chi connectivity index (χ1n) is 10.7. The van der Waals surface area contributed by atoms with Crippen molar-refractivity contribution in [1.29, 1.82) is 0 Å². The van der Waals surface area contributed by atoms with Crippen LogP contribution in [-0.2, 0) is 14.8 Å². The first kappa shape index (κ1) is 25.6. The molecule has 2 aromatic carbocycles. The number of fused-ring (bicyclic) bond motifs is 1. The maximum absolute atomic E-state index is 15.1. The molecule has 0 saturated carbocycles. The number of anilines is 1. The van der Waals surface area contributed by atoms with Crippen molar-refractivity contribution in [2.45, 2.75) is 31.6 Å². The van der Waals surface area contributed by atoms with E-state index in [1.165, 1.54) is 18.2 Å². The van der Waals surface area contributed by atoms with Gasteiger partial charge in [-0.25, -0.2) is 19.1 Å². The van der Waals surface area contributed by atoms with Crippen molar-refractivity contribution < 1.29 is 30.7 Å². The Hall–Kier alpha value is -3.51. The first-order valence-corrected chi connectivity index (χ1v) is 12.5. The van der Waals surface area contributed by atoms with Gasteiger partial charge in [-0.05, 0) is 50.1 Å². The molecule has 1 aliphatic rings. The molecule has 190 valence electrons. The van der Waals surface area contributed by atoms with Crippen molar-refractivity contribution in [2.75, 3.05) is 25.7 Å². The molecule has 0 aliphatic carbocycles. The number of nitrogens with one attached hydrogen (secondary N) is 1. The molecule has 0 spiro atoms. The van der Waals surface area contributed by atoms with Crippen molar-refractivity contribution in [2.24, 2.45) is 0 Å². The van der Waals surface area contributed by atoms with Crippen LogP contribution in [0.1, 0.15) is 45.8 Å². The zero-order chi connectivity index (χ0) is 26.5. The summed E-state index contributed by atoms with van der Waals surface area (Å²) in [5, 5.41) is 6.12. The van der Waals surface area contributed by atoms with E-state index < -0.39 is 33.5 Å². The molecule has 1 N–H and O–H groups in total. The van der Waals surface area contributed by atoms with E-state index >= 15 is 4.39 Å². The summed E-state index contributed by atoms with van der Waals surface area (Å²) in [5.74, 6) is -3.65. The molecule has 0 radical (unpaired) electrons. The molecule has 2 heterocycles. The predicted octanol–water partition coefficient (Wildman–Crippen LogP) is 2.96. The number of carbonyl (C=O) groups is 1. The third-order valence-electron chi connectivity index (χ3n) is 6.24. The summed E-state index contributed by atoms with van der Waals surface area (Å²) in [6, 6.07) is 5.52. The molecule has 13 heteroatoms. The van der Waals surface area contributed by atoms with Gasteiger partial charge in [0, 0.05) is 17.6 Å². The van der Waals surface area contributed by atoms with E-state index in [-0.39, 0.29) is 45.0 Å². The fourth-order valence-electron chi connectivity index (χ4n) is 4.38. The second kappa shape index (κ2) is 9.17. The number of aryl methyl sites for hydroxylation is 1. The fraction of sp³-hybridized carbons (Fsp3) is 0.304. The van der Waals surface area contributed by atoms with Crippen LogP contribution in [0, 0.1) is 19.7 Å². The summed E-state index contributed by atoms with van der Waals surface area (Å²) in [6.07, 6.45) is 0. The van der Waals surface area contributed by atoms with E-state index in [4.69, 9.17) is 20.8 Å². The lowest BCUT2D eigenvalue weighted by molar-refractivity contribution is -0.369. The highest BCUT2D eigenvalue weighted by Crippen LogP contribution is 2.38. The molecule has 0 amide bonds. The number of H-pyrrole nitrogens is 1. The third-order valence-corrected chi connectivity index (χ3v) is 8.30. The molecule has 0 saturated heterocycles. The van der Waals surface area contributed by atoms with E-state index in [0.29, 0.717) is 5.56 Å². The Bertz CT molecular complexity index is 1590. The quantitative estimate of drug-likeness (QED) is 0.398. The van der Waals surface area contributed by atoms with E-state index in [1.807, 2.05) is 0 Å². The average molecular weight is 538 g/mol. The van der Waals surface area contributed by atoms with Crippen molar-refractivity contribution in [3.05, 3.63) is 73.8 Å². The molecule has 1 aliphatic heterocycles. The number of hydrogen-bond donors (Lipinski definition) is 1. The zero-order valence-electron chi connectivity index (χ0n) is 20.0. The van der Waals surface area contributed by atoms with Crippen LogP contribution in [-0.4, -0.2) is 55.1 Å². The van der Waals surface area contributed by atoms with E-state index in [1.54, 1.807) is 38.8 Å². The van der Waals surface area contributed by atoms with Crippen LogP contribution < -0.4 is 10.7 Å². The Kier molecular flexibility index (Phi) is 6.52. The van der Waals surface area contributed by atoms with Gasteiger partial charge in [-0.1, -0.05) is 21.6 Å². The topological polar surface area (TPSA) is 126 Å². The van der Waals surface area contributed by atoms with E-state index in [2.05, 4.69) is 10.2 Å². The predicted molar refractivity (Wildman–Crippen MR) is 129 cm³/mol. The number of ether oxygens (including phenoxy) is 1. The number of carbonyl (C=O) groups excluding carboxylic acids is 1. The molecule has 1 unspecified atom stereocenters. The minimum atomic E-state index is -4.49. The standard InChI is InChI=1S/C23H22ClFN4O6S/c1-11-6-7-16(25)18(12(11)2)13(3)19(21-26-27-23(31)35-21)29-10-28(4)17-9-14(24)8-15(22(30)34-5)20(17)36(29,32)33/h6-9,13H,10H2,1-5H3/p+1.